The fourth-order valence-corrected chi connectivity index (χ4v) is 2.22. The second-order valence-electron chi connectivity index (χ2n) is 5.18. The van der Waals surface area contributed by atoms with E-state index in [1.807, 2.05) is 13.8 Å². The van der Waals surface area contributed by atoms with Crippen LogP contribution < -0.4 is 5.56 Å². The predicted octanol–water partition coefficient (Wildman–Crippen LogP) is 2.66. The summed E-state index contributed by atoms with van der Waals surface area (Å²) >= 11 is 0. The number of hydrogen-bond donors (Lipinski definition) is 2. The number of nitrogens with zero attached hydrogens (tertiary/aromatic N) is 2. The number of benzene rings is 1. The molecule has 0 aliphatic rings. The van der Waals surface area contributed by atoms with Crippen LogP contribution in [0.4, 0.5) is 4.39 Å². The molecule has 2 heterocycles. The summed E-state index contributed by atoms with van der Waals surface area (Å²) in [7, 11) is 0. The number of halogens is 1. The highest BCUT2D eigenvalue weighted by atomic mass is 19.1. The van der Waals surface area contributed by atoms with E-state index in [9.17, 15) is 14.3 Å². The lowest BCUT2D eigenvalue weighted by Crippen LogP contribution is -2.12. The number of rotatable bonds is 2. The van der Waals surface area contributed by atoms with Gasteiger partial charge in [-0.1, -0.05) is 26.0 Å². The molecule has 0 atom stereocenters. The topological polar surface area (TPSA) is 70.4 Å². The second kappa shape index (κ2) is 4.73. The Morgan fingerprint density at radius 3 is 2.76 bits per heavy atom. The largest absolute Gasteiger partial charge is 0.493 e. The van der Waals surface area contributed by atoms with Crippen LogP contribution in [0.5, 0.6) is 5.88 Å². The average Bonchev–Trinajstić information content (AvgIpc) is 2.83. The van der Waals surface area contributed by atoms with E-state index in [4.69, 9.17) is 0 Å². The van der Waals surface area contributed by atoms with E-state index in [1.54, 1.807) is 12.1 Å². The van der Waals surface area contributed by atoms with Crippen LogP contribution in [0.2, 0.25) is 0 Å². The van der Waals surface area contributed by atoms with E-state index < -0.39 is 11.4 Å². The molecule has 21 heavy (non-hydrogen) atoms. The molecule has 5 nitrogen and oxygen atoms in total. The molecule has 0 radical (unpaired) electrons. The van der Waals surface area contributed by atoms with Gasteiger partial charge in [0, 0.05) is 6.07 Å². The summed E-state index contributed by atoms with van der Waals surface area (Å²) in [6.45, 7) is 3.93. The average molecular weight is 287 g/mol. The Morgan fingerprint density at radius 2 is 2.10 bits per heavy atom. The summed E-state index contributed by atoms with van der Waals surface area (Å²) in [4.78, 5) is 14.8. The molecular formula is C15H14FN3O2. The fourth-order valence-electron chi connectivity index (χ4n) is 2.22. The molecule has 0 unspecified atom stereocenters. The van der Waals surface area contributed by atoms with E-state index in [0.29, 0.717) is 11.2 Å². The van der Waals surface area contributed by atoms with Crippen molar-refractivity contribution in [2.45, 2.75) is 19.8 Å². The standard InChI is InChI=1S/C15H14FN3O2/c1-8(2)11-7-12-17-14(20)13(15(21)19(12)18-11)9-4-3-5-10(16)6-9/h3-8,21H,1-2H3,(H,17,20). The van der Waals surface area contributed by atoms with Crippen molar-refractivity contribution >= 4 is 5.65 Å². The van der Waals surface area contributed by atoms with E-state index in [1.165, 1.54) is 22.7 Å². The number of aromatic nitrogens is 3. The summed E-state index contributed by atoms with van der Waals surface area (Å²) in [5.41, 5.74) is 0.970. The highest BCUT2D eigenvalue weighted by Crippen LogP contribution is 2.27. The van der Waals surface area contributed by atoms with Crippen molar-refractivity contribution in [3.63, 3.8) is 0 Å². The lowest BCUT2D eigenvalue weighted by atomic mass is 10.1. The molecular weight excluding hydrogens is 273 g/mol. The Balaban J connectivity index is 2.31. The number of fused-ring (bicyclic) bond motifs is 1. The first-order chi connectivity index (χ1) is 9.97. The Hall–Kier alpha value is -2.63. The van der Waals surface area contributed by atoms with Gasteiger partial charge in [-0.05, 0) is 23.6 Å². The van der Waals surface area contributed by atoms with Crippen molar-refractivity contribution in [2.75, 3.05) is 0 Å². The molecule has 0 spiro atoms. The maximum Gasteiger partial charge on any atom is 0.262 e. The van der Waals surface area contributed by atoms with Crippen molar-refractivity contribution in [1.29, 1.82) is 0 Å². The van der Waals surface area contributed by atoms with E-state index in [2.05, 4.69) is 10.1 Å². The molecule has 2 N–H and O–H groups in total. The Bertz CT molecular complexity index is 880. The van der Waals surface area contributed by atoms with Crippen LogP contribution in [0.25, 0.3) is 16.8 Å². The Morgan fingerprint density at radius 1 is 1.33 bits per heavy atom. The van der Waals surface area contributed by atoms with Gasteiger partial charge in [0.15, 0.2) is 0 Å². The minimum Gasteiger partial charge on any atom is -0.493 e. The van der Waals surface area contributed by atoms with Gasteiger partial charge in [-0.15, -0.1) is 0 Å². The number of H-pyrrole nitrogens is 1. The van der Waals surface area contributed by atoms with Crippen molar-refractivity contribution in [3.8, 4) is 17.0 Å². The van der Waals surface area contributed by atoms with Gasteiger partial charge in [-0.2, -0.15) is 9.61 Å². The number of aromatic hydroxyl groups is 1. The number of nitrogens with one attached hydrogen (secondary N) is 1. The van der Waals surface area contributed by atoms with Gasteiger partial charge >= 0.3 is 0 Å². The molecule has 0 aliphatic carbocycles. The maximum atomic E-state index is 13.3. The molecule has 0 amide bonds. The smallest absolute Gasteiger partial charge is 0.262 e. The molecule has 0 fully saturated rings. The maximum absolute atomic E-state index is 13.3. The molecule has 1 aromatic carbocycles. The zero-order valence-corrected chi connectivity index (χ0v) is 11.6. The van der Waals surface area contributed by atoms with Gasteiger partial charge < -0.3 is 10.1 Å². The minimum absolute atomic E-state index is 0.000376. The van der Waals surface area contributed by atoms with Crippen LogP contribution >= 0.6 is 0 Å². The van der Waals surface area contributed by atoms with Gasteiger partial charge in [0.25, 0.3) is 5.56 Å². The van der Waals surface area contributed by atoms with E-state index >= 15 is 0 Å². The summed E-state index contributed by atoms with van der Waals surface area (Å²) in [5, 5.41) is 14.6. The third-order valence-corrected chi connectivity index (χ3v) is 3.33. The Labute approximate surface area is 119 Å². The SMILES string of the molecule is CC(C)c1cc2[nH]c(=O)c(-c3cccc(F)c3)c(O)n2n1. The number of hydrogen-bond acceptors (Lipinski definition) is 3. The van der Waals surface area contributed by atoms with Gasteiger partial charge in [-0.3, -0.25) is 4.79 Å². The van der Waals surface area contributed by atoms with Gasteiger partial charge in [0.1, 0.15) is 17.0 Å². The second-order valence-corrected chi connectivity index (χ2v) is 5.18. The van der Waals surface area contributed by atoms with Crippen molar-refractivity contribution in [1.82, 2.24) is 14.6 Å². The van der Waals surface area contributed by atoms with Crippen LogP contribution in [0, 0.1) is 5.82 Å². The zero-order valence-electron chi connectivity index (χ0n) is 11.6. The van der Waals surface area contributed by atoms with Crippen LogP contribution in [0.3, 0.4) is 0 Å². The zero-order chi connectivity index (χ0) is 15.1. The normalized spacial score (nSPS) is 11.4. The third kappa shape index (κ3) is 2.18. The van der Waals surface area contributed by atoms with Crippen LogP contribution in [-0.2, 0) is 0 Å². The molecule has 0 aliphatic heterocycles. The Kier molecular flexibility index (Phi) is 3.01. The molecule has 0 saturated heterocycles. The quantitative estimate of drug-likeness (QED) is 0.761. The highest BCUT2D eigenvalue weighted by molar-refractivity contribution is 5.69. The van der Waals surface area contributed by atoms with Crippen molar-refractivity contribution in [2.24, 2.45) is 0 Å². The van der Waals surface area contributed by atoms with E-state index in [0.717, 1.165) is 5.69 Å². The van der Waals surface area contributed by atoms with Crippen LogP contribution in [-0.4, -0.2) is 19.7 Å². The van der Waals surface area contributed by atoms with Gasteiger partial charge in [0.05, 0.1) is 5.69 Å². The molecule has 108 valence electrons. The first kappa shape index (κ1) is 13.4. The summed E-state index contributed by atoms with van der Waals surface area (Å²) in [6, 6.07) is 7.23. The molecule has 0 bridgehead atoms. The van der Waals surface area contributed by atoms with Crippen LogP contribution in [0.15, 0.2) is 35.1 Å². The molecule has 0 saturated carbocycles. The predicted molar refractivity (Wildman–Crippen MR) is 77.0 cm³/mol. The highest BCUT2D eigenvalue weighted by Gasteiger charge is 2.17. The molecule has 6 heteroatoms. The van der Waals surface area contributed by atoms with E-state index in [-0.39, 0.29) is 17.4 Å². The van der Waals surface area contributed by atoms with Crippen LogP contribution in [0.1, 0.15) is 25.5 Å². The summed E-state index contributed by atoms with van der Waals surface area (Å²) in [6.07, 6.45) is 0. The number of aromatic amines is 1. The monoisotopic (exact) mass is 287 g/mol. The van der Waals surface area contributed by atoms with Gasteiger partial charge in [-0.25, -0.2) is 4.39 Å². The van der Waals surface area contributed by atoms with Gasteiger partial charge in [0.2, 0.25) is 5.88 Å². The summed E-state index contributed by atoms with van der Waals surface area (Å²) in [5.74, 6) is -0.619. The third-order valence-electron chi connectivity index (χ3n) is 3.33. The molecule has 3 aromatic rings. The first-order valence-electron chi connectivity index (χ1n) is 6.58. The lowest BCUT2D eigenvalue weighted by molar-refractivity contribution is 0.435. The fraction of sp³-hybridized carbons (Fsp3) is 0.200. The summed E-state index contributed by atoms with van der Waals surface area (Å²) < 4.78 is 14.6. The van der Waals surface area contributed by atoms with Crippen molar-refractivity contribution < 1.29 is 9.50 Å². The lowest BCUT2D eigenvalue weighted by Gasteiger charge is -2.05. The first-order valence-corrected chi connectivity index (χ1v) is 6.58. The molecule has 2 aromatic heterocycles. The van der Waals surface area contributed by atoms with Crippen molar-refractivity contribution in [3.05, 3.63) is 52.2 Å². The molecule has 3 rings (SSSR count). The minimum atomic E-state index is -0.485.